The van der Waals surface area contributed by atoms with E-state index in [9.17, 15) is 0 Å². The van der Waals surface area contributed by atoms with Crippen LogP contribution in [0.25, 0.3) is 0 Å². The van der Waals surface area contributed by atoms with Gasteiger partial charge in [0.25, 0.3) is 0 Å². The van der Waals surface area contributed by atoms with Gasteiger partial charge in [0.15, 0.2) is 0 Å². The summed E-state index contributed by atoms with van der Waals surface area (Å²) in [5, 5.41) is 22.4. The Morgan fingerprint density at radius 1 is 0.889 bits per heavy atom. The molecule has 0 aliphatic rings. The van der Waals surface area contributed by atoms with Gasteiger partial charge in [-0.1, -0.05) is 26.7 Å². The summed E-state index contributed by atoms with van der Waals surface area (Å²) in [7, 11) is 0. The molecule has 0 aromatic rings. The molecule has 0 saturated heterocycles. The lowest BCUT2D eigenvalue weighted by molar-refractivity contribution is 0.204. The Labute approximate surface area is 107 Å². The predicted octanol–water partition coefficient (Wildman–Crippen LogP) is 2.29. The number of carboxylic acid groups (broad SMARTS) is 2. The molecular weight excluding hydrogens is 240 g/mol. The van der Waals surface area contributed by atoms with Crippen LogP contribution < -0.4 is 11.5 Å². The first kappa shape index (κ1) is 21.4. The first-order valence-electron chi connectivity index (χ1n) is 5.68. The molecule has 0 aliphatic carbocycles. The second-order valence-corrected chi connectivity index (χ2v) is 3.11. The van der Waals surface area contributed by atoms with Gasteiger partial charge in [-0.05, 0) is 12.8 Å². The molecule has 0 saturated carbocycles. The molecule has 18 heavy (non-hydrogen) atoms. The summed E-state index contributed by atoms with van der Waals surface area (Å²) in [5.41, 5.74) is 8.06. The zero-order valence-electron chi connectivity index (χ0n) is 11.0. The summed E-state index contributed by atoms with van der Waals surface area (Å²) >= 11 is 0. The van der Waals surface area contributed by atoms with Crippen LogP contribution in [0.5, 0.6) is 0 Å². The van der Waals surface area contributed by atoms with Gasteiger partial charge in [0.2, 0.25) is 0 Å². The van der Waals surface area contributed by atoms with Crippen LogP contribution in [-0.2, 0) is 0 Å². The largest absolute Gasteiger partial charge is 0.465 e. The highest BCUT2D eigenvalue weighted by atomic mass is 16.4. The normalized spacial score (nSPS) is 8.78. The van der Waals surface area contributed by atoms with E-state index in [-0.39, 0.29) is 0 Å². The van der Waals surface area contributed by atoms with E-state index in [0.29, 0.717) is 0 Å². The summed E-state index contributed by atoms with van der Waals surface area (Å²) in [4.78, 5) is 17.6. The van der Waals surface area contributed by atoms with Crippen molar-refractivity contribution in [2.24, 2.45) is 21.7 Å². The number of unbranched alkanes of at least 4 members (excludes halogenated alkanes) is 2. The summed E-state index contributed by atoms with van der Waals surface area (Å²) in [6.07, 6.45) is 2.12. The Kier molecular flexibility index (Phi) is 24.5. The van der Waals surface area contributed by atoms with Crippen LogP contribution in [0.4, 0.5) is 9.59 Å². The number of azo groups is 1. The summed E-state index contributed by atoms with van der Waals surface area (Å²) in [6.45, 7) is 6.17. The minimum Gasteiger partial charge on any atom is -0.465 e. The molecule has 6 N–H and O–H groups in total. The van der Waals surface area contributed by atoms with Crippen molar-refractivity contribution in [2.45, 2.75) is 39.5 Å². The molecule has 108 valence electrons. The van der Waals surface area contributed by atoms with Crippen molar-refractivity contribution in [3.63, 3.8) is 0 Å². The zero-order valence-corrected chi connectivity index (χ0v) is 11.0. The van der Waals surface area contributed by atoms with Crippen LogP contribution in [0.3, 0.4) is 0 Å². The lowest BCUT2D eigenvalue weighted by Crippen LogP contribution is -2.03. The maximum absolute atomic E-state index is 8.78. The van der Waals surface area contributed by atoms with Gasteiger partial charge in [-0.25, -0.2) is 9.59 Å². The quantitative estimate of drug-likeness (QED) is 0.429. The molecule has 8 heteroatoms. The third kappa shape index (κ3) is 92.4. The molecule has 0 bridgehead atoms. The molecule has 0 rings (SSSR count). The zero-order chi connectivity index (χ0) is 14.8. The van der Waals surface area contributed by atoms with Crippen molar-refractivity contribution in [2.75, 3.05) is 13.1 Å². The van der Waals surface area contributed by atoms with Crippen LogP contribution in [0, 0.1) is 0 Å². The average molecular weight is 264 g/mol. The molecule has 0 radical (unpaired) electrons. The molecule has 0 aliphatic heterocycles. The molecule has 0 spiro atoms. The van der Waals surface area contributed by atoms with Crippen LogP contribution in [0.1, 0.15) is 39.5 Å². The minimum atomic E-state index is -1.33. The van der Waals surface area contributed by atoms with E-state index in [2.05, 4.69) is 35.5 Å². The molecule has 0 aromatic heterocycles. The highest BCUT2D eigenvalue weighted by Gasteiger charge is 1.80. The number of nitrogens with two attached hydrogens (primary N) is 2. The maximum Gasteiger partial charge on any atom is 0.402 e. The second kappa shape index (κ2) is 20.5. The number of hydrogen-bond acceptors (Lipinski definition) is 4. The highest BCUT2D eigenvalue weighted by Crippen LogP contribution is 1.90. The average Bonchev–Trinajstić information content (AvgIpc) is 2.22. The summed E-state index contributed by atoms with van der Waals surface area (Å²) in [6, 6.07) is 0. The van der Waals surface area contributed by atoms with E-state index in [1.54, 1.807) is 0 Å². The lowest BCUT2D eigenvalue weighted by Gasteiger charge is -1.89. The lowest BCUT2D eigenvalue weighted by atomic mass is 10.3. The van der Waals surface area contributed by atoms with E-state index in [1.807, 2.05) is 0 Å². The third-order valence-corrected chi connectivity index (χ3v) is 1.32. The summed E-state index contributed by atoms with van der Waals surface area (Å²) in [5.74, 6) is 0. The standard InChI is InChI=1S/C8H18N2.2CH3NO2/c1-3-5-7-9-10-8-6-4-2;2*2-1(3)4/h3-8H2,1-2H3;2*2H2,(H,3,4). The van der Waals surface area contributed by atoms with E-state index in [0.717, 1.165) is 13.1 Å². The Hall–Kier alpha value is -1.86. The fourth-order valence-electron chi connectivity index (χ4n) is 0.599. The molecular formula is C10H24N4O4. The monoisotopic (exact) mass is 264 g/mol. The maximum atomic E-state index is 8.78. The fraction of sp³-hybridized carbons (Fsp3) is 0.800. The van der Waals surface area contributed by atoms with Crippen LogP contribution in [-0.4, -0.2) is 35.5 Å². The number of hydrogen-bond donors (Lipinski definition) is 4. The molecule has 0 fully saturated rings. The molecule has 0 unspecified atom stereocenters. The number of nitrogens with zero attached hydrogens (tertiary/aromatic N) is 2. The van der Waals surface area contributed by atoms with Gasteiger partial charge in [0, 0.05) is 0 Å². The van der Waals surface area contributed by atoms with Crippen molar-refractivity contribution < 1.29 is 19.8 Å². The topological polar surface area (TPSA) is 151 Å². The van der Waals surface area contributed by atoms with Crippen molar-refractivity contribution in [3.8, 4) is 0 Å². The van der Waals surface area contributed by atoms with Gasteiger partial charge in [-0.3, -0.25) is 0 Å². The van der Waals surface area contributed by atoms with E-state index < -0.39 is 12.2 Å². The van der Waals surface area contributed by atoms with Crippen molar-refractivity contribution in [3.05, 3.63) is 0 Å². The number of rotatable bonds is 6. The van der Waals surface area contributed by atoms with Gasteiger partial charge in [-0.2, -0.15) is 10.2 Å². The predicted molar refractivity (Wildman–Crippen MR) is 68.8 cm³/mol. The van der Waals surface area contributed by atoms with Gasteiger partial charge in [0.05, 0.1) is 13.1 Å². The van der Waals surface area contributed by atoms with Crippen molar-refractivity contribution >= 4 is 12.2 Å². The van der Waals surface area contributed by atoms with Gasteiger partial charge in [-0.15, -0.1) is 0 Å². The van der Waals surface area contributed by atoms with Gasteiger partial charge in [0.1, 0.15) is 0 Å². The SMILES string of the molecule is CCCCN=NCCCC.NC(=O)O.NC(=O)O. The van der Waals surface area contributed by atoms with Crippen LogP contribution in [0.15, 0.2) is 10.2 Å². The second-order valence-electron chi connectivity index (χ2n) is 3.11. The smallest absolute Gasteiger partial charge is 0.402 e. The minimum absolute atomic E-state index is 0.917. The fourth-order valence-corrected chi connectivity index (χ4v) is 0.599. The van der Waals surface area contributed by atoms with Gasteiger partial charge >= 0.3 is 12.2 Å². The number of amides is 2. The van der Waals surface area contributed by atoms with Gasteiger partial charge < -0.3 is 21.7 Å². The van der Waals surface area contributed by atoms with E-state index in [1.165, 1.54) is 25.7 Å². The van der Waals surface area contributed by atoms with Crippen LogP contribution in [0.2, 0.25) is 0 Å². The number of primary amides is 2. The molecule has 8 nitrogen and oxygen atoms in total. The molecule has 2 amide bonds. The molecule has 0 atom stereocenters. The Balaban J connectivity index is -0.000000233. The first-order chi connectivity index (χ1) is 8.38. The van der Waals surface area contributed by atoms with Crippen LogP contribution >= 0.6 is 0 Å². The first-order valence-corrected chi connectivity index (χ1v) is 5.68. The molecule has 0 heterocycles. The molecule has 0 aromatic carbocycles. The summed E-state index contributed by atoms with van der Waals surface area (Å²) < 4.78 is 0. The number of carbonyl (C=O) groups is 2. The van der Waals surface area contributed by atoms with E-state index in [4.69, 9.17) is 19.8 Å². The Morgan fingerprint density at radius 2 is 1.11 bits per heavy atom. The van der Waals surface area contributed by atoms with E-state index >= 15 is 0 Å². The Morgan fingerprint density at radius 3 is 1.28 bits per heavy atom. The highest BCUT2D eigenvalue weighted by molar-refractivity contribution is 5.61. The van der Waals surface area contributed by atoms with Crippen molar-refractivity contribution in [1.82, 2.24) is 0 Å². The third-order valence-electron chi connectivity index (χ3n) is 1.32. The Bertz CT molecular complexity index is 192. The van der Waals surface area contributed by atoms with Crippen molar-refractivity contribution in [1.29, 1.82) is 0 Å².